The average Bonchev–Trinajstić information content (AvgIpc) is 2.58. The van der Waals surface area contributed by atoms with Gasteiger partial charge in [0.1, 0.15) is 4.90 Å². The maximum Gasteiger partial charge on any atom is 0.343 e. The number of carbonyl (C=O) groups excluding carboxylic acids is 1. The number of urea groups is 1. The van der Waals surface area contributed by atoms with Crippen LogP contribution in [0.15, 0.2) is 60.0 Å². The number of para-hydroxylation sites is 1. The first-order valence-electron chi connectivity index (χ1n) is 7.71. The molecule has 0 aliphatic carbocycles. The Morgan fingerprint density at radius 1 is 1.16 bits per heavy atom. The minimum Gasteiger partial charge on any atom is -0.291 e. The number of nitrogens with zero attached hydrogens (tertiary/aromatic N) is 2. The summed E-state index contributed by atoms with van der Waals surface area (Å²) in [6.07, 6.45) is 2.23. The molecule has 0 fully saturated rings. The molecule has 0 saturated carbocycles. The third kappa shape index (κ3) is 2.92. The Morgan fingerprint density at radius 3 is 2.60 bits per heavy atom. The number of halogens is 1. The summed E-state index contributed by atoms with van der Waals surface area (Å²) in [6, 6.07) is 10.7. The Hall–Kier alpha value is -2.31. The van der Waals surface area contributed by atoms with Crippen molar-refractivity contribution in [3.63, 3.8) is 0 Å². The largest absolute Gasteiger partial charge is 0.343 e. The van der Waals surface area contributed by atoms with Gasteiger partial charge in [-0.1, -0.05) is 35.9 Å². The Kier molecular flexibility index (Phi) is 4.58. The summed E-state index contributed by atoms with van der Waals surface area (Å²) in [5.41, 5.74) is 1.28. The zero-order chi connectivity index (χ0) is 18.2. The standard InChI is InChI=1S/C18H17ClN2O3S/c1-3-4-11-20-15-7-5-6-8-17(15)25(23,24)21(18(20)22)16-12-14(19)10-9-13(16)2/h3,5-10,12H,1,4,11H2,2H3. The first-order chi connectivity index (χ1) is 11.9. The highest BCUT2D eigenvalue weighted by atomic mass is 35.5. The zero-order valence-corrected chi connectivity index (χ0v) is 15.2. The van der Waals surface area contributed by atoms with Gasteiger partial charge in [-0.3, -0.25) is 4.90 Å². The van der Waals surface area contributed by atoms with Crippen molar-refractivity contribution in [3.05, 3.63) is 65.7 Å². The van der Waals surface area contributed by atoms with Gasteiger partial charge in [-0.25, -0.2) is 13.2 Å². The van der Waals surface area contributed by atoms with Crippen molar-refractivity contribution in [1.82, 2.24) is 0 Å². The Bertz CT molecular complexity index is 957. The summed E-state index contributed by atoms with van der Waals surface area (Å²) in [5.74, 6) is 0. The predicted molar refractivity (Wildman–Crippen MR) is 99.9 cm³/mol. The molecule has 7 heteroatoms. The second kappa shape index (κ2) is 6.54. The monoisotopic (exact) mass is 376 g/mol. The molecule has 0 unspecified atom stereocenters. The number of amides is 2. The number of hydrogen-bond donors (Lipinski definition) is 0. The molecule has 1 heterocycles. The molecule has 0 atom stereocenters. The van der Waals surface area contributed by atoms with Crippen LogP contribution >= 0.6 is 11.6 Å². The van der Waals surface area contributed by atoms with E-state index in [1.165, 1.54) is 17.0 Å². The third-order valence-electron chi connectivity index (χ3n) is 4.03. The minimum atomic E-state index is -4.02. The molecule has 130 valence electrons. The maximum atomic E-state index is 13.1. The molecule has 2 aromatic carbocycles. The van der Waals surface area contributed by atoms with Crippen LogP contribution in [-0.4, -0.2) is 21.0 Å². The first-order valence-corrected chi connectivity index (χ1v) is 9.52. The van der Waals surface area contributed by atoms with Crippen LogP contribution in [0.1, 0.15) is 12.0 Å². The lowest BCUT2D eigenvalue weighted by molar-refractivity contribution is 0.254. The Labute approximate surface area is 152 Å². The number of carbonyl (C=O) groups is 1. The van der Waals surface area contributed by atoms with E-state index in [2.05, 4.69) is 6.58 Å². The molecule has 1 aliphatic heterocycles. The van der Waals surface area contributed by atoms with E-state index in [9.17, 15) is 13.2 Å². The lowest BCUT2D eigenvalue weighted by Gasteiger charge is -2.36. The SMILES string of the molecule is C=CCCN1C(=O)N(c2cc(Cl)ccc2C)S(=O)(=O)c2ccccc21. The van der Waals surface area contributed by atoms with E-state index in [0.717, 1.165) is 4.31 Å². The van der Waals surface area contributed by atoms with Crippen LogP contribution in [0.4, 0.5) is 16.2 Å². The van der Waals surface area contributed by atoms with Gasteiger partial charge >= 0.3 is 6.03 Å². The fourth-order valence-electron chi connectivity index (χ4n) is 2.78. The van der Waals surface area contributed by atoms with Gasteiger partial charge in [-0.15, -0.1) is 6.58 Å². The Balaban J connectivity index is 2.24. The van der Waals surface area contributed by atoms with Crippen LogP contribution < -0.4 is 9.21 Å². The van der Waals surface area contributed by atoms with Crippen LogP contribution in [0.25, 0.3) is 0 Å². The maximum absolute atomic E-state index is 13.1. The summed E-state index contributed by atoms with van der Waals surface area (Å²) < 4.78 is 27.1. The minimum absolute atomic E-state index is 0.0954. The summed E-state index contributed by atoms with van der Waals surface area (Å²) in [4.78, 5) is 14.6. The van der Waals surface area contributed by atoms with E-state index >= 15 is 0 Å². The molecule has 5 nitrogen and oxygen atoms in total. The van der Waals surface area contributed by atoms with Crippen LogP contribution in [-0.2, 0) is 10.0 Å². The predicted octanol–water partition coefficient (Wildman–Crippen LogP) is 4.36. The third-order valence-corrected chi connectivity index (χ3v) is 6.00. The lowest BCUT2D eigenvalue weighted by Crippen LogP contribution is -2.51. The fourth-order valence-corrected chi connectivity index (χ4v) is 4.60. The smallest absolute Gasteiger partial charge is 0.291 e. The summed E-state index contributed by atoms with van der Waals surface area (Å²) >= 11 is 6.04. The van der Waals surface area contributed by atoms with Crippen molar-refractivity contribution in [2.24, 2.45) is 0 Å². The van der Waals surface area contributed by atoms with E-state index in [1.54, 1.807) is 43.3 Å². The molecule has 3 rings (SSSR count). The first kappa shape index (κ1) is 17.5. The number of aryl methyl sites for hydroxylation is 1. The molecular weight excluding hydrogens is 360 g/mol. The number of anilines is 2. The summed E-state index contributed by atoms with van der Waals surface area (Å²) in [7, 11) is -4.02. The second-order valence-corrected chi connectivity index (χ2v) is 7.87. The van der Waals surface area contributed by atoms with Gasteiger partial charge in [-0.2, -0.15) is 4.31 Å². The molecule has 0 radical (unpaired) electrons. The molecule has 25 heavy (non-hydrogen) atoms. The number of hydrogen-bond acceptors (Lipinski definition) is 3. The topological polar surface area (TPSA) is 57.7 Å². The van der Waals surface area contributed by atoms with Gasteiger partial charge in [0, 0.05) is 11.6 Å². The molecule has 2 aromatic rings. The van der Waals surface area contributed by atoms with Gasteiger partial charge < -0.3 is 0 Å². The summed E-state index contributed by atoms with van der Waals surface area (Å²) in [6.45, 7) is 5.75. The number of rotatable bonds is 4. The molecular formula is C18H17ClN2O3S. The second-order valence-electron chi connectivity index (χ2n) is 5.68. The van der Waals surface area contributed by atoms with Crippen molar-refractivity contribution in [1.29, 1.82) is 0 Å². The van der Waals surface area contributed by atoms with Gasteiger partial charge in [-0.05, 0) is 43.2 Å². The van der Waals surface area contributed by atoms with Gasteiger partial charge in [0.05, 0.1) is 11.4 Å². The molecule has 0 bridgehead atoms. The van der Waals surface area contributed by atoms with Crippen molar-refractivity contribution in [2.45, 2.75) is 18.2 Å². The highest BCUT2D eigenvalue weighted by Crippen LogP contribution is 2.38. The van der Waals surface area contributed by atoms with Crippen LogP contribution in [0.5, 0.6) is 0 Å². The van der Waals surface area contributed by atoms with Crippen LogP contribution in [0.3, 0.4) is 0 Å². The number of fused-ring (bicyclic) bond motifs is 1. The van der Waals surface area contributed by atoms with E-state index in [-0.39, 0.29) is 10.6 Å². The summed E-state index contributed by atoms with van der Waals surface area (Å²) in [5, 5.41) is 0.361. The molecule has 0 saturated heterocycles. The van der Waals surface area contributed by atoms with Gasteiger partial charge in [0.25, 0.3) is 10.0 Å². The fraction of sp³-hybridized carbons (Fsp3) is 0.167. The van der Waals surface area contributed by atoms with Gasteiger partial charge in [0.2, 0.25) is 0 Å². The lowest BCUT2D eigenvalue weighted by atomic mass is 10.2. The molecule has 0 aromatic heterocycles. The molecule has 1 aliphatic rings. The van der Waals surface area contributed by atoms with E-state index in [0.29, 0.717) is 29.2 Å². The highest BCUT2D eigenvalue weighted by molar-refractivity contribution is 7.94. The van der Waals surface area contributed by atoms with Crippen molar-refractivity contribution < 1.29 is 13.2 Å². The highest BCUT2D eigenvalue weighted by Gasteiger charge is 2.42. The van der Waals surface area contributed by atoms with E-state index < -0.39 is 16.1 Å². The van der Waals surface area contributed by atoms with Crippen LogP contribution in [0.2, 0.25) is 5.02 Å². The van der Waals surface area contributed by atoms with Crippen LogP contribution in [0, 0.1) is 6.92 Å². The number of sulfonamides is 1. The average molecular weight is 377 g/mol. The quantitative estimate of drug-likeness (QED) is 0.745. The van der Waals surface area contributed by atoms with E-state index in [4.69, 9.17) is 11.6 Å². The van der Waals surface area contributed by atoms with Crippen molar-refractivity contribution in [3.8, 4) is 0 Å². The molecule has 0 N–H and O–H groups in total. The van der Waals surface area contributed by atoms with E-state index in [1.807, 2.05) is 0 Å². The molecule has 2 amide bonds. The molecule has 0 spiro atoms. The van der Waals surface area contributed by atoms with Gasteiger partial charge in [0.15, 0.2) is 0 Å². The Morgan fingerprint density at radius 2 is 1.88 bits per heavy atom. The van der Waals surface area contributed by atoms with Crippen molar-refractivity contribution >= 4 is 39.0 Å². The van der Waals surface area contributed by atoms with Crippen molar-refractivity contribution in [2.75, 3.05) is 15.7 Å². The zero-order valence-electron chi connectivity index (χ0n) is 13.6. The normalized spacial score (nSPS) is 15.8. The number of benzene rings is 2.